The van der Waals surface area contributed by atoms with Crippen LogP contribution in [0.1, 0.15) is 32.6 Å². The van der Waals surface area contributed by atoms with Crippen LogP contribution in [0.4, 0.5) is 0 Å². The SMILES string of the molecule is CC[C@H]1CCC(C(=O)O)C1. The van der Waals surface area contributed by atoms with Gasteiger partial charge in [0.25, 0.3) is 0 Å². The molecule has 0 saturated heterocycles. The standard InChI is InChI=1S/C8H14O2/c1-2-6-3-4-7(5-6)8(9)10/h6-7H,2-5H2,1H3,(H,9,10)/t6-,7?/m0/s1. The first-order chi connectivity index (χ1) is 4.74. The minimum atomic E-state index is -0.601. The Hall–Kier alpha value is -0.530. The van der Waals surface area contributed by atoms with Crippen LogP contribution in [-0.2, 0) is 4.79 Å². The van der Waals surface area contributed by atoms with Crippen LogP contribution in [-0.4, -0.2) is 11.1 Å². The van der Waals surface area contributed by atoms with Gasteiger partial charge >= 0.3 is 5.97 Å². The van der Waals surface area contributed by atoms with E-state index in [4.69, 9.17) is 5.11 Å². The highest BCUT2D eigenvalue weighted by Gasteiger charge is 2.28. The Morgan fingerprint density at radius 2 is 2.30 bits per heavy atom. The van der Waals surface area contributed by atoms with Gasteiger partial charge < -0.3 is 5.11 Å². The van der Waals surface area contributed by atoms with E-state index in [2.05, 4.69) is 6.92 Å². The summed E-state index contributed by atoms with van der Waals surface area (Å²) in [5, 5.41) is 8.63. The van der Waals surface area contributed by atoms with Crippen molar-refractivity contribution < 1.29 is 9.90 Å². The molecule has 0 amide bonds. The highest BCUT2D eigenvalue weighted by Crippen LogP contribution is 2.32. The normalized spacial score (nSPS) is 32.5. The summed E-state index contributed by atoms with van der Waals surface area (Å²) in [5.41, 5.74) is 0. The number of carboxylic acids is 1. The first-order valence-corrected chi connectivity index (χ1v) is 3.96. The lowest BCUT2D eigenvalue weighted by Crippen LogP contribution is -2.09. The molecular weight excluding hydrogens is 128 g/mol. The van der Waals surface area contributed by atoms with Crippen molar-refractivity contribution in [3.05, 3.63) is 0 Å². The van der Waals surface area contributed by atoms with E-state index in [0.29, 0.717) is 5.92 Å². The Bertz CT molecular complexity index is 131. The third-order valence-electron chi connectivity index (χ3n) is 2.47. The average Bonchev–Trinajstić information content (AvgIpc) is 2.34. The highest BCUT2D eigenvalue weighted by atomic mass is 16.4. The van der Waals surface area contributed by atoms with E-state index in [1.807, 2.05) is 0 Å². The first kappa shape index (κ1) is 7.58. The van der Waals surface area contributed by atoms with Crippen molar-refractivity contribution in [3.8, 4) is 0 Å². The van der Waals surface area contributed by atoms with Crippen molar-refractivity contribution >= 4 is 5.97 Å². The van der Waals surface area contributed by atoms with E-state index in [9.17, 15) is 4.79 Å². The molecule has 0 heterocycles. The molecule has 1 unspecified atom stereocenters. The maximum atomic E-state index is 10.5. The highest BCUT2D eigenvalue weighted by molar-refractivity contribution is 5.70. The van der Waals surface area contributed by atoms with Crippen molar-refractivity contribution in [2.24, 2.45) is 11.8 Å². The Morgan fingerprint density at radius 3 is 2.60 bits per heavy atom. The van der Waals surface area contributed by atoms with Gasteiger partial charge in [-0.2, -0.15) is 0 Å². The molecule has 0 aliphatic heterocycles. The molecule has 1 rings (SSSR count). The summed E-state index contributed by atoms with van der Waals surface area (Å²) >= 11 is 0. The van der Waals surface area contributed by atoms with Crippen molar-refractivity contribution in [3.63, 3.8) is 0 Å². The van der Waals surface area contributed by atoms with Crippen LogP contribution in [0.3, 0.4) is 0 Å². The van der Waals surface area contributed by atoms with Crippen LogP contribution in [0.15, 0.2) is 0 Å². The quantitative estimate of drug-likeness (QED) is 0.639. The monoisotopic (exact) mass is 142 g/mol. The molecule has 2 nitrogen and oxygen atoms in total. The predicted molar refractivity (Wildman–Crippen MR) is 38.8 cm³/mol. The van der Waals surface area contributed by atoms with Gasteiger partial charge in [0.05, 0.1) is 5.92 Å². The second-order valence-electron chi connectivity index (χ2n) is 3.12. The molecule has 1 aliphatic carbocycles. The summed E-state index contributed by atoms with van der Waals surface area (Å²) in [5.74, 6) is 0.0435. The van der Waals surface area contributed by atoms with Gasteiger partial charge in [0.15, 0.2) is 0 Å². The van der Waals surface area contributed by atoms with E-state index in [0.717, 1.165) is 25.7 Å². The topological polar surface area (TPSA) is 37.3 Å². The third kappa shape index (κ3) is 1.49. The third-order valence-corrected chi connectivity index (χ3v) is 2.47. The van der Waals surface area contributed by atoms with Crippen molar-refractivity contribution in [2.45, 2.75) is 32.6 Å². The zero-order valence-corrected chi connectivity index (χ0v) is 6.34. The lowest BCUT2D eigenvalue weighted by atomic mass is 10.0. The average molecular weight is 142 g/mol. The number of aliphatic carboxylic acids is 1. The molecule has 0 spiro atoms. The maximum Gasteiger partial charge on any atom is 0.306 e. The second-order valence-corrected chi connectivity index (χ2v) is 3.12. The lowest BCUT2D eigenvalue weighted by Gasteiger charge is -2.03. The molecule has 0 aromatic carbocycles. The van der Waals surface area contributed by atoms with Gasteiger partial charge in [0.2, 0.25) is 0 Å². The molecular formula is C8H14O2. The van der Waals surface area contributed by atoms with E-state index in [-0.39, 0.29) is 5.92 Å². The molecule has 58 valence electrons. The van der Waals surface area contributed by atoms with Crippen molar-refractivity contribution in [1.29, 1.82) is 0 Å². The van der Waals surface area contributed by atoms with Crippen LogP contribution in [0, 0.1) is 11.8 Å². The van der Waals surface area contributed by atoms with Crippen LogP contribution in [0.25, 0.3) is 0 Å². The second kappa shape index (κ2) is 3.04. The number of carboxylic acid groups (broad SMARTS) is 1. The maximum absolute atomic E-state index is 10.5. The number of carbonyl (C=O) groups is 1. The minimum Gasteiger partial charge on any atom is -0.481 e. The summed E-state index contributed by atoms with van der Waals surface area (Å²) in [6, 6.07) is 0. The van der Waals surface area contributed by atoms with Crippen LogP contribution >= 0.6 is 0 Å². The largest absolute Gasteiger partial charge is 0.481 e. The smallest absolute Gasteiger partial charge is 0.306 e. The number of rotatable bonds is 2. The molecule has 0 radical (unpaired) electrons. The van der Waals surface area contributed by atoms with Gasteiger partial charge in [-0.15, -0.1) is 0 Å². The zero-order chi connectivity index (χ0) is 7.56. The predicted octanol–water partition coefficient (Wildman–Crippen LogP) is 1.90. The van der Waals surface area contributed by atoms with E-state index in [1.165, 1.54) is 0 Å². The summed E-state index contributed by atoms with van der Waals surface area (Å²) in [6.45, 7) is 2.13. The first-order valence-electron chi connectivity index (χ1n) is 3.96. The number of hydrogen-bond donors (Lipinski definition) is 1. The molecule has 0 bridgehead atoms. The fourth-order valence-electron chi connectivity index (χ4n) is 1.67. The van der Waals surface area contributed by atoms with Gasteiger partial charge in [-0.3, -0.25) is 4.79 Å². The summed E-state index contributed by atoms with van der Waals surface area (Å²) < 4.78 is 0. The van der Waals surface area contributed by atoms with Gasteiger partial charge in [-0.25, -0.2) is 0 Å². The molecule has 1 fully saturated rings. The Balaban J connectivity index is 2.35. The lowest BCUT2D eigenvalue weighted by molar-refractivity contribution is -0.141. The molecule has 0 aromatic heterocycles. The van der Waals surface area contributed by atoms with Crippen molar-refractivity contribution in [2.75, 3.05) is 0 Å². The van der Waals surface area contributed by atoms with Crippen molar-refractivity contribution in [1.82, 2.24) is 0 Å². The fraction of sp³-hybridized carbons (Fsp3) is 0.875. The summed E-state index contributed by atoms with van der Waals surface area (Å²) in [7, 11) is 0. The summed E-state index contributed by atoms with van der Waals surface area (Å²) in [6.07, 6.45) is 4.07. The fourth-order valence-corrected chi connectivity index (χ4v) is 1.67. The van der Waals surface area contributed by atoms with E-state index in [1.54, 1.807) is 0 Å². The number of hydrogen-bond acceptors (Lipinski definition) is 1. The molecule has 1 saturated carbocycles. The van der Waals surface area contributed by atoms with Gasteiger partial charge in [0.1, 0.15) is 0 Å². The van der Waals surface area contributed by atoms with Gasteiger partial charge in [-0.05, 0) is 25.2 Å². The van der Waals surface area contributed by atoms with Crippen LogP contribution < -0.4 is 0 Å². The van der Waals surface area contributed by atoms with Gasteiger partial charge in [-0.1, -0.05) is 13.3 Å². The van der Waals surface area contributed by atoms with Gasteiger partial charge in [0, 0.05) is 0 Å². The molecule has 2 heteroatoms. The Kier molecular flexibility index (Phi) is 2.30. The van der Waals surface area contributed by atoms with E-state index >= 15 is 0 Å². The Morgan fingerprint density at radius 1 is 1.60 bits per heavy atom. The molecule has 10 heavy (non-hydrogen) atoms. The minimum absolute atomic E-state index is 0.0371. The molecule has 1 N–H and O–H groups in total. The van der Waals surface area contributed by atoms with Crippen LogP contribution in [0.2, 0.25) is 0 Å². The Labute approximate surface area is 61.2 Å². The van der Waals surface area contributed by atoms with E-state index < -0.39 is 5.97 Å². The molecule has 0 aromatic rings. The molecule has 1 aliphatic rings. The van der Waals surface area contributed by atoms with Crippen LogP contribution in [0.5, 0.6) is 0 Å². The summed E-state index contributed by atoms with van der Waals surface area (Å²) in [4.78, 5) is 10.5. The zero-order valence-electron chi connectivity index (χ0n) is 6.34. The molecule has 2 atom stereocenters.